The highest BCUT2D eigenvalue weighted by Gasteiger charge is 2.00. The molecule has 0 unspecified atom stereocenters. The number of rotatable bonds is 5. The summed E-state index contributed by atoms with van der Waals surface area (Å²) in [7, 11) is 0. The van der Waals surface area contributed by atoms with Crippen molar-refractivity contribution in [2.24, 2.45) is 0 Å². The summed E-state index contributed by atoms with van der Waals surface area (Å²) in [6.45, 7) is 1.10. The molecular formula is C11H14BrClN2O. The van der Waals surface area contributed by atoms with Crippen molar-refractivity contribution in [3.63, 3.8) is 0 Å². The predicted molar refractivity (Wildman–Crippen MR) is 70.0 cm³/mol. The standard InChI is InChI=1S/C11H14BrClN2O/c12-10-4-2-1-3-9(10)5-7-14-11(16)15-8-6-13/h1-4H,5-8H2,(H2,14,15,16). The SMILES string of the molecule is O=C(NCCCl)NCCc1ccccc1Br. The van der Waals surface area contributed by atoms with E-state index >= 15 is 0 Å². The van der Waals surface area contributed by atoms with Crippen LogP contribution in [0, 0.1) is 0 Å². The van der Waals surface area contributed by atoms with Gasteiger partial charge < -0.3 is 10.6 Å². The first-order chi connectivity index (χ1) is 7.74. The molecule has 0 bridgehead atoms. The topological polar surface area (TPSA) is 41.1 Å². The molecule has 0 aliphatic carbocycles. The number of urea groups is 1. The van der Waals surface area contributed by atoms with Gasteiger partial charge in [-0.3, -0.25) is 0 Å². The number of amides is 2. The summed E-state index contributed by atoms with van der Waals surface area (Å²) in [5.41, 5.74) is 1.18. The fraction of sp³-hybridized carbons (Fsp3) is 0.364. The molecule has 0 atom stereocenters. The predicted octanol–water partition coefficient (Wildman–Crippen LogP) is 2.53. The normalized spacial score (nSPS) is 9.88. The lowest BCUT2D eigenvalue weighted by atomic mass is 10.1. The van der Waals surface area contributed by atoms with Crippen LogP contribution in [0.1, 0.15) is 5.56 Å². The number of halogens is 2. The van der Waals surface area contributed by atoms with Gasteiger partial charge in [0.1, 0.15) is 0 Å². The largest absolute Gasteiger partial charge is 0.338 e. The molecule has 0 aliphatic rings. The highest BCUT2D eigenvalue weighted by molar-refractivity contribution is 9.10. The summed E-state index contributed by atoms with van der Waals surface area (Å²) in [5, 5.41) is 5.40. The van der Waals surface area contributed by atoms with E-state index in [4.69, 9.17) is 11.6 Å². The Labute approximate surface area is 109 Å². The number of carbonyl (C=O) groups is 1. The lowest BCUT2D eigenvalue weighted by Gasteiger charge is -2.07. The van der Waals surface area contributed by atoms with Gasteiger partial charge in [0, 0.05) is 23.4 Å². The van der Waals surface area contributed by atoms with E-state index in [-0.39, 0.29) is 6.03 Å². The monoisotopic (exact) mass is 304 g/mol. The van der Waals surface area contributed by atoms with Crippen LogP contribution in [0.3, 0.4) is 0 Å². The average Bonchev–Trinajstić information content (AvgIpc) is 2.29. The van der Waals surface area contributed by atoms with Gasteiger partial charge in [-0.05, 0) is 18.1 Å². The van der Waals surface area contributed by atoms with Crippen LogP contribution in [0.4, 0.5) is 4.79 Å². The minimum Gasteiger partial charge on any atom is -0.338 e. The fourth-order valence-corrected chi connectivity index (χ4v) is 1.81. The van der Waals surface area contributed by atoms with Gasteiger partial charge in [-0.1, -0.05) is 34.1 Å². The summed E-state index contributed by atoms with van der Waals surface area (Å²) in [5.74, 6) is 0.428. The molecule has 0 aromatic heterocycles. The number of hydrogen-bond donors (Lipinski definition) is 2. The molecule has 3 nitrogen and oxygen atoms in total. The summed E-state index contributed by atoms with van der Waals surface area (Å²) in [6.07, 6.45) is 0.801. The molecule has 2 N–H and O–H groups in total. The molecule has 1 aromatic carbocycles. The van der Waals surface area contributed by atoms with Crippen molar-refractivity contribution in [2.45, 2.75) is 6.42 Å². The maximum Gasteiger partial charge on any atom is 0.314 e. The zero-order valence-electron chi connectivity index (χ0n) is 8.80. The van der Waals surface area contributed by atoms with Gasteiger partial charge in [0.15, 0.2) is 0 Å². The molecule has 16 heavy (non-hydrogen) atoms. The molecule has 0 aliphatic heterocycles. The van der Waals surface area contributed by atoms with E-state index in [0.717, 1.165) is 10.9 Å². The quantitative estimate of drug-likeness (QED) is 0.807. The molecule has 1 rings (SSSR count). The van der Waals surface area contributed by atoms with Crippen LogP contribution in [-0.2, 0) is 6.42 Å². The maximum atomic E-state index is 11.2. The van der Waals surface area contributed by atoms with Crippen molar-refractivity contribution >= 4 is 33.6 Å². The molecule has 0 radical (unpaired) electrons. The Morgan fingerprint density at radius 1 is 1.25 bits per heavy atom. The zero-order valence-corrected chi connectivity index (χ0v) is 11.1. The van der Waals surface area contributed by atoms with Gasteiger partial charge >= 0.3 is 6.03 Å². The Kier molecular flexibility index (Phi) is 6.26. The molecule has 0 fully saturated rings. The van der Waals surface area contributed by atoms with Crippen molar-refractivity contribution in [1.29, 1.82) is 0 Å². The van der Waals surface area contributed by atoms with Gasteiger partial charge in [0.2, 0.25) is 0 Å². The molecule has 0 saturated heterocycles. The zero-order chi connectivity index (χ0) is 11.8. The summed E-state index contributed by atoms with van der Waals surface area (Å²) < 4.78 is 1.07. The fourth-order valence-electron chi connectivity index (χ4n) is 1.24. The Balaban J connectivity index is 2.25. The van der Waals surface area contributed by atoms with E-state index in [1.54, 1.807) is 0 Å². The van der Waals surface area contributed by atoms with E-state index in [9.17, 15) is 4.79 Å². The molecule has 88 valence electrons. The van der Waals surface area contributed by atoms with Crippen molar-refractivity contribution in [3.8, 4) is 0 Å². The lowest BCUT2D eigenvalue weighted by molar-refractivity contribution is 0.241. The van der Waals surface area contributed by atoms with Crippen LogP contribution >= 0.6 is 27.5 Å². The first-order valence-electron chi connectivity index (χ1n) is 5.05. The number of hydrogen-bond acceptors (Lipinski definition) is 1. The second kappa shape index (κ2) is 7.52. The summed E-state index contributed by atoms with van der Waals surface area (Å²) in [4.78, 5) is 11.2. The van der Waals surface area contributed by atoms with Gasteiger partial charge in [-0.15, -0.1) is 11.6 Å². The molecular weight excluding hydrogens is 291 g/mol. The van der Waals surface area contributed by atoms with E-state index in [0.29, 0.717) is 19.0 Å². The minimum atomic E-state index is -0.173. The summed E-state index contributed by atoms with van der Waals surface area (Å²) in [6, 6.07) is 7.79. The minimum absolute atomic E-state index is 0.173. The van der Waals surface area contributed by atoms with E-state index < -0.39 is 0 Å². The highest BCUT2D eigenvalue weighted by Crippen LogP contribution is 2.15. The first-order valence-corrected chi connectivity index (χ1v) is 6.38. The third kappa shape index (κ3) is 4.86. The molecule has 5 heteroatoms. The number of nitrogens with one attached hydrogen (secondary N) is 2. The summed E-state index contributed by atoms with van der Waals surface area (Å²) >= 11 is 8.91. The average molecular weight is 306 g/mol. The van der Waals surface area contributed by atoms with Gasteiger partial charge in [0.25, 0.3) is 0 Å². The first kappa shape index (κ1) is 13.3. The molecule has 2 amide bonds. The van der Waals surface area contributed by atoms with Crippen molar-refractivity contribution in [1.82, 2.24) is 10.6 Å². The molecule has 0 heterocycles. The Hall–Kier alpha value is -0.740. The lowest BCUT2D eigenvalue weighted by Crippen LogP contribution is -2.37. The number of alkyl halides is 1. The van der Waals surface area contributed by atoms with E-state index in [2.05, 4.69) is 26.6 Å². The third-order valence-electron chi connectivity index (χ3n) is 2.02. The number of carbonyl (C=O) groups excluding carboxylic acids is 1. The van der Waals surface area contributed by atoms with Crippen LogP contribution in [0.5, 0.6) is 0 Å². The Bertz CT molecular complexity index is 347. The van der Waals surface area contributed by atoms with Crippen LogP contribution < -0.4 is 10.6 Å². The Morgan fingerprint density at radius 3 is 2.62 bits per heavy atom. The second-order valence-electron chi connectivity index (χ2n) is 3.21. The van der Waals surface area contributed by atoms with Crippen LogP contribution in [-0.4, -0.2) is 25.0 Å². The number of benzene rings is 1. The van der Waals surface area contributed by atoms with Gasteiger partial charge in [-0.2, -0.15) is 0 Å². The second-order valence-corrected chi connectivity index (χ2v) is 4.45. The van der Waals surface area contributed by atoms with Gasteiger partial charge in [-0.25, -0.2) is 4.79 Å². The van der Waals surface area contributed by atoms with Crippen molar-refractivity contribution < 1.29 is 4.79 Å². The Morgan fingerprint density at radius 2 is 1.94 bits per heavy atom. The highest BCUT2D eigenvalue weighted by atomic mass is 79.9. The van der Waals surface area contributed by atoms with E-state index in [1.165, 1.54) is 5.56 Å². The van der Waals surface area contributed by atoms with Crippen LogP contribution in [0.15, 0.2) is 28.7 Å². The van der Waals surface area contributed by atoms with Crippen LogP contribution in [0.2, 0.25) is 0 Å². The molecule has 1 aromatic rings. The maximum absolute atomic E-state index is 11.2. The van der Waals surface area contributed by atoms with Crippen LogP contribution in [0.25, 0.3) is 0 Å². The smallest absolute Gasteiger partial charge is 0.314 e. The molecule has 0 saturated carbocycles. The van der Waals surface area contributed by atoms with Crippen molar-refractivity contribution in [2.75, 3.05) is 19.0 Å². The third-order valence-corrected chi connectivity index (χ3v) is 2.98. The molecule has 0 spiro atoms. The van der Waals surface area contributed by atoms with Crippen molar-refractivity contribution in [3.05, 3.63) is 34.3 Å². The van der Waals surface area contributed by atoms with Gasteiger partial charge in [0.05, 0.1) is 0 Å². The van der Waals surface area contributed by atoms with E-state index in [1.807, 2.05) is 24.3 Å².